The average molecular weight is 361 g/mol. The molecule has 0 unspecified atom stereocenters. The van der Waals surface area contributed by atoms with Gasteiger partial charge < -0.3 is 14.5 Å². The summed E-state index contributed by atoms with van der Waals surface area (Å²) in [5.41, 5.74) is 2.68. The molecule has 3 aromatic rings. The number of hydrogen-bond donors (Lipinski definition) is 2. The van der Waals surface area contributed by atoms with Crippen molar-refractivity contribution in [3.05, 3.63) is 90.3 Å². The highest BCUT2D eigenvalue weighted by Crippen LogP contribution is 2.21. The van der Waals surface area contributed by atoms with Gasteiger partial charge in [0.05, 0.1) is 0 Å². The molecule has 1 saturated heterocycles. The molecule has 1 aromatic heterocycles. The molecule has 2 N–H and O–H groups in total. The number of nitrogens with zero attached hydrogens (tertiary/aromatic N) is 1. The van der Waals surface area contributed by atoms with Gasteiger partial charge in [0, 0.05) is 23.5 Å². The van der Waals surface area contributed by atoms with Crippen LogP contribution in [0.1, 0.15) is 11.1 Å². The lowest BCUT2D eigenvalue weighted by Gasteiger charge is -2.29. The second-order valence-corrected chi connectivity index (χ2v) is 7.28. The summed E-state index contributed by atoms with van der Waals surface area (Å²) in [7, 11) is 0. The molecular weight excluding hydrogens is 334 g/mol. The van der Waals surface area contributed by atoms with E-state index in [1.807, 2.05) is 54.9 Å². The third-order valence-electron chi connectivity index (χ3n) is 5.17. The Morgan fingerprint density at radius 3 is 2.07 bits per heavy atom. The lowest BCUT2D eigenvalue weighted by molar-refractivity contribution is -1.02. The van der Waals surface area contributed by atoms with Gasteiger partial charge in [-0.2, -0.15) is 0 Å². The second-order valence-electron chi connectivity index (χ2n) is 7.28. The highest BCUT2D eigenvalue weighted by atomic mass is 16.5. The Kier molecular flexibility index (Phi) is 5.77. The first kappa shape index (κ1) is 17.7. The van der Waals surface area contributed by atoms with Crippen molar-refractivity contribution in [2.75, 3.05) is 26.2 Å². The zero-order valence-electron chi connectivity index (χ0n) is 15.6. The van der Waals surface area contributed by atoms with Crippen molar-refractivity contribution >= 4 is 0 Å². The molecule has 4 rings (SSSR count). The number of piperazine rings is 1. The molecule has 1 aliphatic heterocycles. The number of aromatic nitrogens is 1. The van der Waals surface area contributed by atoms with Gasteiger partial charge in [0.2, 0.25) is 0 Å². The summed E-state index contributed by atoms with van der Waals surface area (Å²) >= 11 is 0. The summed E-state index contributed by atoms with van der Waals surface area (Å²) in [6.07, 6.45) is 3.83. The van der Waals surface area contributed by atoms with Gasteiger partial charge in [0.15, 0.2) is 0 Å². The first-order chi connectivity index (χ1) is 13.3. The van der Waals surface area contributed by atoms with E-state index in [1.165, 1.54) is 37.3 Å². The maximum absolute atomic E-state index is 5.97. The summed E-state index contributed by atoms with van der Waals surface area (Å²) in [5.74, 6) is 1.80. The zero-order valence-corrected chi connectivity index (χ0v) is 15.6. The van der Waals surface area contributed by atoms with E-state index in [1.54, 1.807) is 9.80 Å². The van der Waals surface area contributed by atoms with E-state index in [2.05, 4.69) is 29.2 Å². The van der Waals surface area contributed by atoms with E-state index in [4.69, 9.17) is 4.74 Å². The fourth-order valence-corrected chi connectivity index (χ4v) is 3.73. The van der Waals surface area contributed by atoms with Gasteiger partial charge >= 0.3 is 0 Å². The lowest BCUT2D eigenvalue weighted by Crippen LogP contribution is -3.27. The highest BCUT2D eigenvalue weighted by molar-refractivity contribution is 5.33. The van der Waals surface area contributed by atoms with Gasteiger partial charge in [-0.3, -0.25) is 4.98 Å². The summed E-state index contributed by atoms with van der Waals surface area (Å²) in [6, 6.07) is 22.7. The summed E-state index contributed by atoms with van der Waals surface area (Å²) < 4.78 is 5.97. The van der Waals surface area contributed by atoms with Gasteiger partial charge in [-0.25, -0.2) is 0 Å². The van der Waals surface area contributed by atoms with Gasteiger partial charge in [-0.1, -0.05) is 36.4 Å². The van der Waals surface area contributed by atoms with Crippen LogP contribution >= 0.6 is 0 Å². The van der Waals surface area contributed by atoms with E-state index in [0.29, 0.717) is 0 Å². The van der Waals surface area contributed by atoms with E-state index in [9.17, 15) is 0 Å². The van der Waals surface area contributed by atoms with E-state index in [-0.39, 0.29) is 0 Å². The zero-order chi connectivity index (χ0) is 18.3. The van der Waals surface area contributed by atoms with Crippen LogP contribution in [0.25, 0.3) is 0 Å². The fraction of sp³-hybridized carbons (Fsp3) is 0.261. The van der Waals surface area contributed by atoms with Crippen LogP contribution in [0.5, 0.6) is 11.5 Å². The van der Waals surface area contributed by atoms with Crippen molar-refractivity contribution in [1.29, 1.82) is 0 Å². The Hall–Kier alpha value is -2.69. The topological polar surface area (TPSA) is 31.0 Å². The predicted octanol–water partition coefficient (Wildman–Crippen LogP) is 1.36. The molecular formula is C23H27N3O+2. The van der Waals surface area contributed by atoms with Crippen molar-refractivity contribution in [1.82, 2.24) is 4.98 Å². The first-order valence-electron chi connectivity index (χ1n) is 9.73. The van der Waals surface area contributed by atoms with Crippen molar-refractivity contribution in [3.8, 4) is 11.5 Å². The average Bonchev–Trinajstić information content (AvgIpc) is 2.71. The van der Waals surface area contributed by atoms with Crippen molar-refractivity contribution < 1.29 is 14.5 Å². The van der Waals surface area contributed by atoms with E-state index in [0.717, 1.165) is 24.6 Å². The minimum atomic E-state index is 0.884. The highest BCUT2D eigenvalue weighted by Gasteiger charge is 2.23. The number of pyridine rings is 1. The summed E-state index contributed by atoms with van der Waals surface area (Å²) in [6.45, 7) is 6.99. The molecule has 0 spiro atoms. The van der Waals surface area contributed by atoms with Crippen molar-refractivity contribution in [2.45, 2.75) is 13.1 Å². The number of hydrogen-bond acceptors (Lipinski definition) is 2. The molecule has 2 aromatic carbocycles. The molecule has 2 heterocycles. The molecule has 0 aliphatic carbocycles. The molecule has 0 bridgehead atoms. The number of para-hydroxylation sites is 1. The smallest absolute Gasteiger partial charge is 0.127 e. The van der Waals surface area contributed by atoms with Crippen molar-refractivity contribution in [3.63, 3.8) is 0 Å². The minimum Gasteiger partial charge on any atom is -0.457 e. The lowest BCUT2D eigenvalue weighted by atomic mass is 10.1. The van der Waals surface area contributed by atoms with Gasteiger partial charge in [-0.05, 0) is 30.3 Å². The van der Waals surface area contributed by atoms with E-state index >= 15 is 0 Å². The standard InChI is InChI=1S/C23H25N3O/c1-2-8-22(9-3-1)27-23-10-4-6-20(16-23)18-25-12-14-26(15-13-25)19-21-7-5-11-24-17-21/h1-11,16-17H,12-15,18-19H2/p+2. The van der Waals surface area contributed by atoms with Gasteiger partial charge in [0.25, 0.3) is 0 Å². The van der Waals surface area contributed by atoms with Crippen LogP contribution in [0.3, 0.4) is 0 Å². The number of benzene rings is 2. The largest absolute Gasteiger partial charge is 0.457 e. The molecule has 1 fully saturated rings. The SMILES string of the molecule is c1ccc(Oc2cccc(C[NH+]3CC[NH+](Cc4cccnc4)CC3)c2)cc1. The molecule has 4 heteroatoms. The van der Waals surface area contributed by atoms with Crippen LogP contribution in [0.15, 0.2) is 79.1 Å². The molecule has 27 heavy (non-hydrogen) atoms. The van der Waals surface area contributed by atoms with Crippen LogP contribution < -0.4 is 14.5 Å². The number of ether oxygens (including phenoxy) is 1. The normalized spacial score (nSPS) is 19.6. The van der Waals surface area contributed by atoms with Gasteiger partial charge in [-0.15, -0.1) is 0 Å². The number of quaternary nitrogens is 2. The quantitative estimate of drug-likeness (QED) is 0.695. The van der Waals surface area contributed by atoms with Crippen LogP contribution in [0, 0.1) is 0 Å². The molecule has 4 nitrogen and oxygen atoms in total. The molecule has 138 valence electrons. The Labute approximate surface area is 161 Å². The third-order valence-corrected chi connectivity index (χ3v) is 5.17. The molecule has 1 aliphatic rings. The number of nitrogens with one attached hydrogen (secondary N) is 2. The maximum atomic E-state index is 5.97. The molecule has 0 radical (unpaired) electrons. The minimum absolute atomic E-state index is 0.884. The summed E-state index contributed by atoms with van der Waals surface area (Å²) in [4.78, 5) is 7.54. The Bertz CT molecular complexity index is 831. The Balaban J connectivity index is 1.29. The first-order valence-corrected chi connectivity index (χ1v) is 9.73. The summed E-state index contributed by atoms with van der Waals surface area (Å²) in [5, 5.41) is 0. The fourth-order valence-electron chi connectivity index (χ4n) is 3.73. The number of rotatable bonds is 6. The Morgan fingerprint density at radius 1 is 0.704 bits per heavy atom. The molecule has 0 saturated carbocycles. The van der Waals surface area contributed by atoms with Gasteiger partial charge in [0.1, 0.15) is 50.8 Å². The molecule has 0 amide bonds. The van der Waals surface area contributed by atoms with Crippen LogP contribution in [-0.2, 0) is 13.1 Å². The van der Waals surface area contributed by atoms with Crippen LogP contribution in [0.4, 0.5) is 0 Å². The molecule has 0 atom stereocenters. The monoisotopic (exact) mass is 361 g/mol. The van der Waals surface area contributed by atoms with Crippen LogP contribution in [0.2, 0.25) is 0 Å². The maximum Gasteiger partial charge on any atom is 0.127 e. The Morgan fingerprint density at radius 2 is 1.37 bits per heavy atom. The van der Waals surface area contributed by atoms with Crippen molar-refractivity contribution in [2.24, 2.45) is 0 Å². The predicted molar refractivity (Wildman–Crippen MR) is 106 cm³/mol. The second kappa shape index (κ2) is 8.80. The van der Waals surface area contributed by atoms with E-state index < -0.39 is 0 Å². The van der Waals surface area contributed by atoms with Crippen LogP contribution in [-0.4, -0.2) is 31.2 Å². The third kappa shape index (κ3) is 5.16.